The van der Waals surface area contributed by atoms with E-state index in [-0.39, 0.29) is 5.41 Å². The van der Waals surface area contributed by atoms with Gasteiger partial charge in [0, 0.05) is 46.7 Å². The highest BCUT2D eigenvalue weighted by Gasteiger charge is 2.27. The Morgan fingerprint density at radius 2 is 1.33 bits per heavy atom. The van der Waals surface area contributed by atoms with Crippen molar-refractivity contribution in [2.24, 2.45) is 0 Å². The van der Waals surface area contributed by atoms with Crippen LogP contribution in [0.1, 0.15) is 59.7 Å². The minimum atomic E-state index is 0.0883. The molecule has 0 spiro atoms. The lowest BCUT2D eigenvalue weighted by atomic mass is 9.86. The van der Waals surface area contributed by atoms with E-state index in [4.69, 9.17) is 9.72 Å². The number of para-hydroxylation sites is 1. The monoisotopic (exact) mass is 758 g/mol. The van der Waals surface area contributed by atoms with Gasteiger partial charge in [-0.3, -0.25) is 4.57 Å². The van der Waals surface area contributed by atoms with Crippen LogP contribution >= 0.6 is 0 Å². The van der Waals surface area contributed by atoms with Crippen LogP contribution < -0.4 is 14.5 Å². The zero-order chi connectivity index (χ0) is 40.3. The largest absolute Gasteiger partial charge is 0.457 e. The Morgan fingerprint density at radius 1 is 0.603 bits per heavy atom. The molecule has 5 nitrogen and oxygen atoms in total. The van der Waals surface area contributed by atoms with Gasteiger partial charge in [-0.25, -0.2) is 4.98 Å². The first-order valence-electron chi connectivity index (χ1n) is 20.2. The van der Waals surface area contributed by atoms with Gasteiger partial charge in [0.1, 0.15) is 17.3 Å². The lowest BCUT2D eigenvalue weighted by Crippen LogP contribution is -2.27. The average molecular weight is 759 g/mol. The molecule has 6 aromatic carbocycles. The number of nitrogens with zero attached hydrogens (tertiary/aromatic N) is 4. The summed E-state index contributed by atoms with van der Waals surface area (Å²) in [5.74, 6) is 2.42. The highest BCUT2D eigenvalue weighted by Crippen LogP contribution is 2.40. The zero-order valence-electron chi connectivity index (χ0n) is 34.8. The highest BCUT2D eigenvalue weighted by atomic mass is 16.5. The Balaban J connectivity index is 1.07. The summed E-state index contributed by atoms with van der Waals surface area (Å²) in [5, 5.41) is 2.34. The van der Waals surface area contributed by atoms with Crippen LogP contribution in [-0.4, -0.2) is 16.2 Å². The van der Waals surface area contributed by atoms with Crippen LogP contribution in [0.25, 0.3) is 44.4 Å². The molecule has 0 unspecified atom stereocenters. The van der Waals surface area contributed by atoms with Crippen molar-refractivity contribution < 1.29 is 4.74 Å². The summed E-state index contributed by atoms with van der Waals surface area (Å²) in [7, 11) is 0. The molecule has 0 aliphatic carbocycles. The Hall–Kier alpha value is -6.59. The standard InChI is InChI=1S/C53H50N4O/c1-34-27-36(3)52(37(4)28-34)40-25-26-54-51(29-40)57-48-17-10-9-16-45(48)46-24-23-44(31-49(46)57)58-43-15-12-14-42(30-43)55-32-50(39-19-21-41(22-20-39)53(6,7)8)56(33-55)47-18-11-13-35(2)38(47)5/h9-32H,33H2,1-8H3. The van der Waals surface area contributed by atoms with Gasteiger partial charge < -0.3 is 14.5 Å². The summed E-state index contributed by atoms with van der Waals surface area (Å²) in [6.07, 6.45) is 4.20. The van der Waals surface area contributed by atoms with Crippen molar-refractivity contribution in [3.05, 3.63) is 185 Å². The van der Waals surface area contributed by atoms with Crippen molar-refractivity contribution in [2.75, 3.05) is 16.5 Å². The maximum Gasteiger partial charge on any atom is 0.138 e. The van der Waals surface area contributed by atoms with Crippen LogP contribution in [0.2, 0.25) is 0 Å². The van der Waals surface area contributed by atoms with Crippen molar-refractivity contribution in [3.8, 4) is 28.4 Å². The van der Waals surface area contributed by atoms with Crippen molar-refractivity contribution in [1.82, 2.24) is 9.55 Å². The van der Waals surface area contributed by atoms with E-state index in [0.29, 0.717) is 6.67 Å². The van der Waals surface area contributed by atoms with Gasteiger partial charge in [0.2, 0.25) is 0 Å². The van der Waals surface area contributed by atoms with Gasteiger partial charge in [-0.2, -0.15) is 0 Å². The third-order valence-electron chi connectivity index (χ3n) is 11.7. The lowest BCUT2D eigenvalue weighted by Gasteiger charge is -2.27. The molecule has 0 N–H and O–H groups in total. The minimum absolute atomic E-state index is 0.0883. The molecule has 0 bridgehead atoms. The molecule has 0 amide bonds. The molecule has 9 rings (SSSR count). The van der Waals surface area contributed by atoms with Crippen LogP contribution in [0.3, 0.4) is 0 Å². The highest BCUT2D eigenvalue weighted by molar-refractivity contribution is 6.09. The van der Waals surface area contributed by atoms with Crippen LogP contribution in [0.15, 0.2) is 146 Å². The normalized spacial score (nSPS) is 13.1. The third-order valence-corrected chi connectivity index (χ3v) is 11.7. The maximum atomic E-state index is 6.72. The van der Waals surface area contributed by atoms with E-state index in [0.717, 1.165) is 45.0 Å². The predicted octanol–water partition coefficient (Wildman–Crippen LogP) is 13.8. The second-order valence-corrected chi connectivity index (χ2v) is 16.9. The molecule has 1 aliphatic rings. The summed E-state index contributed by atoms with van der Waals surface area (Å²) >= 11 is 0. The maximum absolute atomic E-state index is 6.72. The smallest absolute Gasteiger partial charge is 0.138 e. The van der Waals surface area contributed by atoms with Crippen LogP contribution in [0, 0.1) is 34.6 Å². The second kappa shape index (κ2) is 14.4. The van der Waals surface area contributed by atoms with E-state index in [1.165, 1.54) is 61.3 Å². The summed E-state index contributed by atoms with van der Waals surface area (Å²) < 4.78 is 8.98. The van der Waals surface area contributed by atoms with Crippen LogP contribution in [-0.2, 0) is 5.41 Å². The Kier molecular flexibility index (Phi) is 9.20. The van der Waals surface area contributed by atoms with E-state index >= 15 is 0 Å². The predicted molar refractivity (Wildman–Crippen MR) is 244 cm³/mol. The molecule has 58 heavy (non-hydrogen) atoms. The summed E-state index contributed by atoms with van der Waals surface area (Å²) in [6, 6.07) is 47.9. The van der Waals surface area contributed by atoms with Gasteiger partial charge in [0.15, 0.2) is 0 Å². The molecule has 3 heterocycles. The fourth-order valence-corrected chi connectivity index (χ4v) is 8.70. The van der Waals surface area contributed by atoms with E-state index in [1.807, 2.05) is 12.3 Å². The van der Waals surface area contributed by atoms with E-state index in [9.17, 15) is 0 Å². The Morgan fingerprint density at radius 3 is 2.10 bits per heavy atom. The fourth-order valence-electron chi connectivity index (χ4n) is 8.70. The van der Waals surface area contributed by atoms with E-state index < -0.39 is 0 Å². The van der Waals surface area contributed by atoms with Gasteiger partial charge in [0.25, 0.3) is 0 Å². The first-order chi connectivity index (χ1) is 27.9. The van der Waals surface area contributed by atoms with Crippen molar-refractivity contribution >= 4 is 38.9 Å². The molecular weight excluding hydrogens is 709 g/mol. The van der Waals surface area contributed by atoms with Gasteiger partial charge >= 0.3 is 0 Å². The zero-order valence-corrected chi connectivity index (χ0v) is 34.8. The number of rotatable bonds is 7. The number of ether oxygens (including phenoxy) is 1. The average Bonchev–Trinajstić information content (AvgIpc) is 3.79. The van der Waals surface area contributed by atoms with Crippen molar-refractivity contribution in [2.45, 2.75) is 60.8 Å². The fraction of sp³-hybridized carbons (Fsp3) is 0.189. The number of aryl methyl sites for hydroxylation is 4. The van der Waals surface area contributed by atoms with E-state index in [2.05, 4.69) is 203 Å². The number of fused-ring (bicyclic) bond motifs is 3. The number of aromatic nitrogens is 2. The topological polar surface area (TPSA) is 33.5 Å². The van der Waals surface area contributed by atoms with Gasteiger partial charge in [-0.15, -0.1) is 0 Å². The molecule has 0 saturated heterocycles. The Bertz CT molecular complexity index is 2870. The molecule has 2 aromatic heterocycles. The number of anilines is 2. The number of hydrogen-bond acceptors (Lipinski definition) is 4. The molecule has 8 aromatic rings. The third kappa shape index (κ3) is 6.71. The van der Waals surface area contributed by atoms with Crippen LogP contribution in [0.5, 0.6) is 11.5 Å². The summed E-state index contributed by atoms with van der Waals surface area (Å²) in [5.41, 5.74) is 17.0. The van der Waals surface area contributed by atoms with Crippen LogP contribution in [0.4, 0.5) is 11.4 Å². The van der Waals surface area contributed by atoms with E-state index in [1.54, 1.807) is 0 Å². The second-order valence-electron chi connectivity index (χ2n) is 16.9. The molecule has 0 atom stereocenters. The Labute approximate surface area is 342 Å². The first-order valence-corrected chi connectivity index (χ1v) is 20.2. The molecule has 5 heteroatoms. The molecule has 0 saturated carbocycles. The van der Waals surface area contributed by atoms with Crippen molar-refractivity contribution in [3.63, 3.8) is 0 Å². The summed E-state index contributed by atoms with van der Waals surface area (Å²) in [4.78, 5) is 9.69. The number of hydrogen-bond donors (Lipinski definition) is 0. The molecule has 288 valence electrons. The van der Waals surface area contributed by atoms with Gasteiger partial charge in [-0.05, 0) is 133 Å². The summed E-state index contributed by atoms with van der Waals surface area (Å²) in [6.45, 7) is 18.4. The quantitative estimate of drug-likeness (QED) is 0.162. The van der Waals surface area contributed by atoms with Crippen molar-refractivity contribution in [1.29, 1.82) is 0 Å². The molecule has 1 aliphatic heterocycles. The SMILES string of the molecule is Cc1cc(C)c(-c2ccnc(-n3c4ccccc4c4ccc(Oc5cccc(N6C=C(c7ccc(C(C)(C)C)cc7)N(c7cccc(C)c7C)C6)c5)cc43)c2)c(C)c1. The molecule has 0 radical (unpaired) electrons. The molecular formula is C53H50N4O. The lowest BCUT2D eigenvalue weighted by molar-refractivity contribution is 0.483. The first kappa shape index (κ1) is 37.0. The number of benzene rings is 6. The van der Waals surface area contributed by atoms with Gasteiger partial charge in [0.05, 0.1) is 23.4 Å². The van der Waals surface area contributed by atoms with Gasteiger partial charge in [-0.1, -0.05) is 99.1 Å². The molecule has 0 fully saturated rings. The number of pyridine rings is 1. The minimum Gasteiger partial charge on any atom is -0.457 e.